The first-order valence-corrected chi connectivity index (χ1v) is 7.21. The van der Waals surface area contributed by atoms with Gasteiger partial charge in [0.15, 0.2) is 6.23 Å². The zero-order valence-corrected chi connectivity index (χ0v) is 12.7. The van der Waals surface area contributed by atoms with Gasteiger partial charge in [0, 0.05) is 26.1 Å². The van der Waals surface area contributed by atoms with Crippen LogP contribution in [0.25, 0.3) is 0 Å². The SMILES string of the molecule is CN1C(=O)N2CCCCC2CC1OC(=O)OC(C)(C)C. The minimum Gasteiger partial charge on any atom is -0.429 e. The molecule has 2 atom stereocenters. The van der Waals surface area contributed by atoms with E-state index < -0.39 is 18.0 Å². The fourth-order valence-corrected chi connectivity index (χ4v) is 2.73. The van der Waals surface area contributed by atoms with E-state index in [1.54, 1.807) is 27.8 Å². The van der Waals surface area contributed by atoms with Gasteiger partial charge in [-0.1, -0.05) is 0 Å². The number of piperidine rings is 1. The van der Waals surface area contributed by atoms with Gasteiger partial charge in [-0.25, -0.2) is 9.59 Å². The summed E-state index contributed by atoms with van der Waals surface area (Å²) >= 11 is 0. The summed E-state index contributed by atoms with van der Waals surface area (Å²) < 4.78 is 10.5. The Morgan fingerprint density at radius 1 is 1.30 bits per heavy atom. The molecule has 2 heterocycles. The normalized spacial score (nSPS) is 27.1. The average molecular weight is 284 g/mol. The first-order valence-electron chi connectivity index (χ1n) is 7.21. The number of hydrogen-bond acceptors (Lipinski definition) is 4. The molecule has 2 unspecified atom stereocenters. The molecule has 2 amide bonds. The van der Waals surface area contributed by atoms with Crippen molar-refractivity contribution < 1.29 is 19.1 Å². The molecule has 0 aromatic carbocycles. The van der Waals surface area contributed by atoms with Crippen molar-refractivity contribution in [3.05, 3.63) is 0 Å². The molecule has 0 aromatic heterocycles. The van der Waals surface area contributed by atoms with Crippen molar-refractivity contribution in [3.63, 3.8) is 0 Å². The van der Waals surface area contributed by atoms with Crippen LogP contribution >= 0.6 is 0 Å². The summed E-state index contributed by atoms with van der Waals surface area (Å²) in [6.45, 7) is 6.15. The molecule has 2 rings (SSSR count). The number of rotatable bonds is 1. The third-order valence-electron chi connectivity index (χ3n) is 3.70. The van der Waals surface area contributed by atoms with E-state index in [0.29, 0.717) is 6.42 Å². The minimum absolute atomic E-state index is 0.0606. The molecule has 0 spiro atoms. The van der Waals surface area contributed by atoms with Crippen LogP contribution in [0.5, 0.6) is 0 Å². The number of urea groups is 1. The molecule has 2 saturated heterocycles. The summed E-state index contributed by atoms with van der Waals surface area (Å²) in [5.41, 5.74) is -0.592. The van der Waals surface area contributed by atoms with Crippen LogP contribution in [0, 0.1) is 0 Å². The second-order valence-corrected chi connectivity index (χ2v) is 6.51. The van der Waals surface area contributed by atoms with E-state index in [2.05, 4.69) is 0 Å². The Kier molecular flexibility index (Phi) is 4.11. The molecule has 20 heavy (non-hydrogen) atoms. The van der Waals surface area contributed by atoms with Gasteiger partial charge in [0.1, 0.15) is 5.60 Å². The van der Waals surface area contributed by atoms with Crippen LogP contribution in [0.1, 0.15) is 46.5 Å². The Balaban J connectivity index is 1.98. The summed E-state index contributed by atoms with van der Waals surface area (Å²) in [6, 6.07) is 0.120. The first-order chi connectivity index (χ1) is 9.28. The number of amides is 2. The molecule has 0 saturated carbocycles. The van der Waals surface area contributed by atoms with Crippen LogP contribution in [-0.2, 0) is 9.47 Å². The Bertz CT molecular complexity index is 391. The zero-order chi connectivity index (χ0) is 14.9. The monoisotopic (exact) mass is 284 g/mol. The predicted octanol–water partition coefficient (Wildman–Crippen LogP) is 2.57. The largest absolute Gasteiger partial charge is 0.510 e. The second kappa shape index (κ2) is 5.50. The zero-order valence-electron chi connectivity index (χ0n) is 12.7. The number of ether oxygens (including phenoxy) is 2. The molecule has 6 nitrogen and oxygen atoms in total. The molecule has 0 N–H and O–H groups in total. The molecule has 0 aromatic rings. The van der Waals surface area contributed by atoms with Crippen LogP contribution < -0.4 is 0 Å². The lowest BCUT2D eigenvalue weighted by molar-refractivity contribution is -0.0832. The predicted molar refractivity (Wildman–Crippen MR) is 73.2 cm³/mol. The molecule has 0 bridgehead atoms. The molecule has 2 aliphatic heterocycles. The second-order valence-electron chi connectivity index (χ2n) is 6.51. The summed E-state index contributed by atoms with van der Waals surface area (Å²) in [7, 11) is 1.67. The van der Waals surface area contributed by atoms with E-state index in [1.807, 2.05) is 4.90 Å². The topological polar surface area (TPSA) is 59.1 Å². The van der Waals surface area contributed by atoms with Crippen molar-refractivity contribution in [2.75, 3.05) is 13.6 Å². The molecule has 0 aliphatic carbocycles. The highest BCUT2D eigenvalue weighted by molar-refractivity contribution is 5.76. The highest BCUT2D eigenvalue weighted by atomic mass is 16.7. The molecular weight excluding hydrogens is 260 g/mol. The minimum atomic E-state index is -0.716. The summed E-state index contributed by atoms with van der Waals surface area (Å²) in [5, 5.41) is 0. The third kappa shape index (κ3) is 3.35. The lowest BCUT2D eigenvalue weighted by atomic mass is 9.97. The molecule has 6 heteroatoms. The summed E-state index contributed by atoms with van der Waals surface area (Å²) in [4.78, 5) is 27.4. The van der Waals surface area contributed by atoms with E-state index >= 15 is 0 Å². The van der Waals surface area contributed by atoms with Gasteiger partial charge in [-0.05, 0) is 40.0 Å². The van der Waals surface area contributed by atoms with Crippen molar-refractivity contribution in [2.45, 2.75) is 64.3 Å². The number of carbonyl (C=O) groups excluding carboxylic acids is 2. The Hall–Kier alpha value is -1.46. The van der Waals surface area contributed by atoms with E-state index in [0.717, 1.165) is 25.8 Å². The van der Waals surface area contributed by atoms with E-state index in [4.69, 9.17) is 9.47 Å². The molecule has 0 radical (unpaired) electrons. The Morgan fingerprint density at radius 3 is 2.65 bits per heavy atom. The smallest absolute Gasteiger partial charge is 0.429 e. The highest BCUT2D eigenvalue weighted by Gasteiger charge is 2.40. The summed E-state index contributed by atoms with van der Waals surface area (Å²) in [5.74, 6) is 0. The molecule has 2 aliphatic rings. The van der Waals surface area contributed by atoms with Crippen molar-refractivity contribution in [1.29, 1.82) is 0 Å². The fraction of sp³-hybridized carbons (Fsp3) is 0.857. The lowest BCUT2D eigenvalue weighted by Gasteiger charge is -2.46. The van der Waals surface area contributed by atoms with E-state index in [1.165, 1.54) is 4.90 Å². The van der Waals surface area contributed by atoms with Crippen molar-refractivity contribution in [2.24, 2.45) is 0 Å². The first kappa shape index (κ1) is 14.9. The van der Waals surface area contributed by atoms with Crippen LogP contribution in [0.2, 0.25) is 0 Å². The maximum Gasteiger partial charge on any atom is 0.510 e. The van der Waals surface area contributed by atoms with E-state index in [-0.39, 0.29) is 12.1 Å². The van der Waals surface area contributed by atoms with Gasteiger partial charge in [-0.3, -0.25) is 4.90 Å². The number of hydrogen-bond donors (Lipinski definition) is 0. The van der Waals surface area contributed by atoms with Crippen molar-refractivity contribution in [1.82, 2.24) is 9.80 Å². The third-order valence-corrected chi connectivity index (χ3v) is 3.70. The van der Waals surface area contributed by atoms with Crippen LogP contribution in [-0.4, -0.2) is 53.4 Å². The molecular formula is C14H24N2O4. The van der Waals surface area contributed by atoms with E-state index in [9.17, 15) is 9.59 Å². The highest BCUT2D eigenvalue weighted by Crippen LogP contribution is 2.29. The Labute approximate surface area is 120 Å². The van der Waals surface area contributed by atoms with Gasteiger partial charge in [0.05, 0.1) is 0 Å². The van der Waals surface area contributed by atoms with Crippen molar-refractivity contribution in [3.8, 4) is 0 Å². The average Bonchev–Trinajstić information content (AvgIpc) is 2.33. The van der Waals surface area contributed by atoms with Gasteiger partial charge in [-0.2, -0.15) is 0 Å². The fourth-order valence-electron chi connectivity index (χ4n) is 2.73. The number of nitrogens with zero attached hydrogens (tertiary/aromatic N) is 2. The van der Waals surface area contributed by atoms with Crippen molar-refractivity contribution >= 4 is 12.2 Å². The maximum atomic E-state index is 12.3. The number of carbonyl (C=O) groups is 2. The van der Waals surface area contributed by atoms with Crippen LogP contribution in [0.4, 0.5) is 9.59 Å². The van der Waals surface area contributed by atoms with Crippen LogP contribution in [0.15, 0.2) is 0 Å². The Morgan fingerprint density at radius 2 is 2.00 bits per heavy atom. The van der Waals surface area contributed by atoms with Gasteiger partial charge >= 0.3 is 12.2 Å². The number of fused-ring (bicyclic) bond motifs is 1. The molecule has 114 valence electrons. The van der Waals surface area contributed by atoms with Gasteiger partial charge < -0.3 is 14.4 Å². The van der Waals surface area contributed by atoms with Crippen LogP contribution in [0.3, 0.4) is 0 Å². The van der Waals surface area contributed by atoms with Gasteiger partial charge in [-0.15, -0.1) is 0 Å². The van der Waals surface area contributed by atoms with Gasteiger partial charge in [0.25, 0.3) is 0 Å². The summed E-state index contributed by atoms with van der Waals surface area (Å²) in [6.07, 6.45) is 2.56. The van der Waals surface area contributed by atoms with Gasteiger partial charge in [0.2, 0.25) is 0 Å². The lowest BCUT2D eigenvalue weighted by Crippen LogP contribution is -2.59. The standard InChI is InChI=1S/C14H24N2O4/c1-14(2,3)20-13(18)19-11-9-10-7-5-6-8-16(10)12(17)15(11)4/h10-11H,5-9H2,1-4H3. The maximum absolute atomic E-state index is 12.3. The molecule has 2 fully saturated rings. The quantitative estimate of drug-likeness (QED) is 0.694.